The number of primary amides is 1. The molecule has 0 fully saturated rings. The molecule has 1 aliphatic heterocycles. The van der Waals surface area contributed by atoms with E-state index in [0.717, 1.165) is 13.1 Å². The molecule has 1 unspecified atom stereocenters. The number of hydrogen-bond acceptors (Lipinski definition) is 2. The Balaban J connectivity index is 2.02. The van der Waals surface area contributed by atoms with Gasteiger partial charge < -0.3 is 10.3 Å². The third kappa shape index (κ3) is 2.27. The molecule has 1 amide bonds. The van der Waals surface area contributed by atoms with Crippen LogP contribution < -0.4 is 5.73 Å². The summed E-state index contributed by atoms with van der Waals surface area (Å²) in [6.45, 7) is 2.04. The van der Waals surface area contributed by atoms with Gasteiger partial charge in [-0.15, -0.1) is 0 Å². The molecule has 2 N–H and O–H groups in total. The Morgan fingerprint density at radius 3 is 2.68 bits per heavy atom. The van der Waals surface area contributed by atoms with E-state index in [4.69, 9.17) is 5.73 Å². The predicted molar refractivity (Wildman–Crippen MR) is 73.5 cm³/mol. The topological polar surface area (TPSA) is 51.3 Å². The van der Waals surface area contributed by atoms with Gasteiger partial charge in [-0.2, -0.15) is 0 Å². The van der Waals surface area contributed by atoms with Gasteiger partial charge in [0.1, 0.15) is 0 Å². The fourth-order valence-corrected chi connectivity index (χ4v) is 2.82. The summed E-state index contributed by atoms with van der Waals surface area (Å²) in [5.74, 6) is -0.277. The molecule has 0 radical (unpaired) electrons. The average molecular weight is 255 g/mol. The van der Waals surface area contributed by atoms with Crippen LogP contribution in [0.5, 0.6) is 0 Å². The molecule has 2 heterocycles. The number of nitrogens with zero attached hydrogens (tertiary/aromatic N) is 2. The zero-order valence-corrected chi connectivity index (χ0v) is 10.7. The first-order chi connectivity index (χ1) is 9.25. The number of rotatable bonds is 3. The zero-order chi connectivity index (χ0) is 13.2. The van der Waals surface area contributed by atoms with Gasteiger partial charge in [0.15, 0.2) is 0 Å². The molecule has 1 atom stereocenters. The maximum absolute atomic E-state index is 11.3. The normalized spacial score (nSPS) is 19.1. The van der Waals surface area contributed by atoms with Crippen LogP contribution >= 0.6 is 0 Å². The summed E-state index contributed by atoms with van der Waals surface area (Å²) in [6.07, 6.45) is 2.09. The number of aromatic nitrogens is 1. The second-order valence-electron chi connectivity index (χ2n) is 4.88. The van der Waals surface area contributed by atoms with Crippen molar-refractivity contribution in [2.45, 2.75) is 12.6 Å². The van der Waals surface area contributed by atoms with Crippen molar-refractivity contribution in [2.24, 2.45) is 5.73 Å². The molecule has 0 bridgehead atoms. The van der Waals surface area contributed by atoms with Crippen molar-refractivity contribution in [3.8, 4) is 0 Å². The highest BCUT2D eigenvalue weighted by molar-refractivity contribution is 5.76. The molecule has 0 aliphatic carbocycles. The minimum absolute atomic E-state index is 0.109. The number of amides is 1. The van der Waals surface area contributed by atoms with Crippen molar-refractivity contribution in [1.82, 2.24) is 9.47 Å². The van der Waals surface area contributed by atoms with Crippen molar-refractivity contribution in [3.05, 3.63) is 59.9 Å². The Bertz CT molecular complexity index is 576. The highest BCUT2D eigenvalue weighted by Crippen LogP contribution is 2.31. The van der Waals surface area contributed by atoms with Gasteiger partial charge in [-0.1, -0.05) is 30.3 Å². The molecule has 1 aromatic heterocycles. The number of carbonyl (C=O) groups is 1. The lowest BCUT2D eigenvalue weighted by atomic mass is 10.00. The summed E-state index contributed by atoms with van der Waals surface area (Å²) >= 11 is 0. The minimum Gasteiger partial charge on any atom is -0.369 e. The summed E-state index contributed by atoms with van der Waals surface area (Å²) in [4.78, 5) is 13.4. The van der Waals surface area contributed by atoms with E-state index in [-0.39, 0.29) is 11.9 Å². The lowest BCUT2D eigenvalue weighted by molar-refractivity contribution is -0.119. The lowest BCUT2D eigenvalue weighted by Gasteiger charge is -2.36. The first-order valence-electron chi connectivity index (χ1n) is 6.48. The second-order valence-corrected chi connectivity index (χ2v) is 4.88. The Kier molecular flexibility index (Phi) is 3.09. The summed E-state index contributed by atoms with van der Waals surface area (Å²) < 4.78 is 2.25. The van der Waals surface area contributed by atoms with Gasteiger partial charge in [-0.3, -0.25) is 9.69 Å². The molecule has 98 valence electrons. The Morgan fingerprint density at radius 2 is 1.95 bits per heavy atom. The third-order valence-corrected chi connectivity index (χ3v) is 3.61. The molecule has 1 aliphatic rings. The number of nitrogens with two attached hydrogens (primary N) is 1. The van der Waals surface area contributed by atoms with Gasteiger partial charge in [0.2, 0.25) is 5.91 Å². The summed E-state index contributed by atoms with van der Waals surface area (Å²) in [6, 6.07) is 14.5. The summed E-state index contributed by atoms with van der Waals surface area (Å²) in [7, 11) is 0. The van der Waals surface area contributed by atoms with Crippen LogP contribution in [0.4, 0.5) is 0 Å². The molecule has 1 aromatic carbocycles. The number of fused-ring (bicyclic) bond motifs is 1. The minimum atomic E-state index is -0.277. The van der Waals surface area contributed by atoms with Gasteiger partial charge in [-0.05, 0) is 17.7 Å². The largest absolute Gasteiger partial charge is 0.369 e. The van der Waals surface area contributed by atoms with Gasteiger partial charge in [-0.25, -0.2) is 0 Å². The Morgan fingerprint density at radius 1 is 1.16 bits per heavy atom. The molecule has 3 rings (SSSR count). The van der Waals surface area contributed by atoms with Crippen molar-refractivity contribution in [2.75, 3.05) is 13.1 Å². The van der Waals surface area contributed by atoms with E-state index >= 15 is 0 Å². The van der Waals surface area contributed by atoms with E-state index in [9.17, 15) is 4.79 Å². The van der Waals surface area contributed by atoms with Crippen LogP contribution in [0.15, 0.2) is 48.7 Å². The van der Waals surface area contributed by atoms with E-state index in [2.05, 4.69) is 39.9 Å². The van der Waals surface area contributed by atoms with Gasteiger partial charge in [0.25, 0.3) is 0 Å². The van der Waals surface area contributed by atoms with E-state index < -0.39 is 0 Å². The fraction of sp³-hybridized carbons (Fsp3) is 0.267. The molecule has 0 saturated heterocycles. The van der Waals surface area contributed by atoms with Crippen molar-refractivity contribution in [1.29, 1.82) is 0 Å². The van der Waals surface area contributed by atoms with Crippen LogP contribution in [0.25, 0.3) is 0 Å². The second kappa shape index (κ2) is 4.90. The number of carbonyl (C=O) groups excluding carboxylic acids is 1. The van der Waals surface area contributed by atoms with Crippen molar-refractivity contribution in [3.63, 3.8) is 0 Å². The first kappa shape index (κ1) is 12.0. The average Bonchev–Trinajstić information content (AvgIpc) is 2.87. The molecule has 4 nitrogen and oxygen atoms in total. The maximum atomic E-state index is 11.3. The zero-order valence-electron chi connectivity index (χ0n) is 10.7. The van der Waals surface area contributed by atoms with Gasteiger partial charge in [0.05, 0.1) is 12.6 Å². The third-order valence-electron chi connectivity index (χ3n) is 3.61. The molecular weight excluding hydrogens is 238 g/mol. The van der Waals surface area contributed by atoms with Crippen LogP contribution in [0.1, 0.15) is 17.3 Å². The number of benzene rings is 1. The maximum Gasteiger partial charge on any atom is 0.231 e. The molecule has 2 aromatic rings. The number of hydrogen-bond donors (Lipinski definition) is 1. The van der Waals surface area contributed by atoms with Crippen molar-refractivity contribution >= 4 is 5.91 Å². The van der Waals surface area contributed by atoms with E-state index in [1.165, 1.54) is 11.3 Å². The van der Waals surface area contributed by atoms with E-state index in [1.54, 1.807) is 0 Å². The quantitative estimate of drug-likeness (QED) is 0.900. The van der Waals surface area contributed by atoms with Crippen LogP contribution in [-0.2, 0) is 11.3 Å². The first-order valence-corrected chi connectivity index (χ1v) is 6.48. The highest BCUT2D eigenvalue weighted by Gasteiger charge is 2.29. The van der Waals surface area contributed by atoms with Gasteiger partial charge in [0, 0.05) is 25.0 Å². The summed E-state index contributed by atoms with van der Waals surface area (Å²) in [5, 5.41) is 0. The monoisotopic (exact) mass is 255 g/mol. The lowest BCUT2D eigenvalue weighted by Crippen LogP contribution is -2.42. The Labute approximate surface area is 112 Å². The smallest absolute Gasteiger partial charge is 0.231 e. The van der Waals surface area contributed by atoms with Crippen LogP contribution in [0.3, 0.4) is 0 Å². The SMILES string of the molecule is NC(=O)CN1CCn2cccc2C1c1ccccc1. The van der Waals surface area contributed by atoms with Crippen LogP contribution in [-0.4, -0.2) is 28.5 Å². The molecular formula is C15H17N3O. The van der Waals surface area contributed by atoms with Crippen molar-refractivity contribution < 1.29 is 4.79 Å². The summed E-state index contributed by atoms with van der Waals surface area (Å²) in [5.41, 5.74) is 7.79. The standard InChI is InChI=1S/C15H17N3O/c16-14(19)11-18-10-9-17-8-4-7-13(17)15(18)12-5-2-1-3-6-12/h1-8,15H,9-11H2,(H2,16,19). The van der Waals surface area contributed by atoms with Gasteiger partial charge >= 0.3 is 0 Å². The Hall–Kier alpha value is -2.07. The highest BCUT2D eigenvalue weighted by atomic mass is 16.1. The van der Waals surface area contributed by atoms with E-state index in [1.807, 2.05) is 18.2 Å². The predicted octanol–water partition coefficient (Wildman–Crippen LogP) is 1.38. The molecule has 0 spiro atoms. The molecule has 4 heteroatoms. The van der Waals surface area contributed by atoms with E-state index in [0.29, 0.717) is 6.54 Å². The molecule has 19 heavy (non-hydrogen) atoms. The van der Waals surface area contributed by atoms with Crippen LogP contribution in [0, 0.1) is 0 Å². The molecule has 0 saturated carbocycles. The fourth-order valence-electron chi connectivity index (χ4n) is 2.82. The van der Waals surface area contributed by atoms with Crippen LogP contribution in [0.2, 0.25) is 0 Å².